The molecule has 0 bridgehead atoms. The van der Waals surface area contributed by atoms with E-state index in [-0.39, 0.29) is 5.92 Å². The molecule has 0 fully saturated rings. The lowest BCUT2D eigenvalue weighted by atomic mass is 9.78. The molecule has 0 saturated carbocycles. The van der Waals surface area contributed by atoms with Crippen molar-refractivity contribution in [3.05, 3.63) is 144 Å². The van der Waals surface area contributed by atoms with Crippen molar-refractivity contribution in [3.8, 4) is 22.3 Å². The zero-order valence-corrected chi connectivity index (χ0v) is 21.7. The molecule has 0 aromatic heterocycles. The predicted octanol–water partition coefficient (Wildman–Crippen LogP) is 9.96. The quantitative estimate of drug-likeness (QED) is 0.197. The molecule has 4 aliphatic rings. The summed E-state index contributed by atoms with van der Waals surface area (Å²) in [4.78, 5) is 5.07. The minimum Gasteiger partial charge on any atom is -0.260 e. The summed E-state index contributed by atoms with van der Waals surface area (Å²) >= 11 is 0. The Morgan fingerprint density at radius 1 is 0.525 bits per heavy atom. The van der Waals surface area contributed by atoms with Crippen LogP contribution in [0.4, 0.5) is 0 Å². The van der Waals surface area contributed by atoms with Gasteiger partial charge < -0.3 is 0 Å². The van der Waals surface area contributed by atoms with Crippen molar-refractivity contribution in [3.63, 3.8) is 0 Å². The SMILES string of the molecule is C1=CC2c3ccccc3C3=CC=NC(=C1c1cc4c5cccc6c5c(cc4c4ccccc14)-c1ccccc1-6)C32. The molecule has 1 heteroatoms. The maximum atomic E-state index is 5.07. The van der Waals surface area contributed by atoms with Gasteiger partial charge in [0, 0.05) is 23.6 Å². The second-order valence-corrected chi connectivity index (χ2v) is 11.4. The Morgan fingerprint density at radius 2 is 1.20 bits per heavy atom. The minimum absolute atomic E-state index is 0.277. The number of rotatable bonds is 1. The molecule has 10 rings (SSSR count). The topological polar surface area (TPSA) is 12.4 Å². The van der Waals surface area contributed by atoms with Gasteiger partial charge in [0.05, 0.1) is 5.70 Å². The molecule has 0 N–H and O–H groups in total. The van der Waals surface area contributed by atoms with E-state index in [0.29, 0.717) is 5.92 Å². The second-order valence-electron chi connectivity index (χ2n) is 11.4. The Bertz CT molecular complexity index is 2270. The van der Waals surface area contributed by atoms with E-state index in [1.54, 1.807) is 0 Å². The number of hydrogen-bond donors (Lipinski definition) is 0. The van der Waals surface area contributed by atoms with E-state index in [2.05, 4.69) is 121 Å². The Balaban J connectivity index is 1.30. The average Bonchev–Trinajstić information content (AvgIpc) is 3.52. The molecule has 0 amide bonds. The number of nitrogens with zero attached hydrogens (tertiary/aromatic N) is 1. The maximum absolute atomic E-state index is 5.07. The van der Waals surface area contributed by atoms with Crippen LogP contribution in [0.1, 0.15) is 22.6 Å². The smallest absolute Gasteiger partial charge is 0.0566 e. The van der Waals surface area contributed by atoms with Gasteiger partial charge in [0.1, 0.15) is 0 Å². The van der Waals surface area contributed by atoms with Crippen LogP contribution in [0.15, 0.2) is 132 Å². The van der Waals surface area contributed by atoms with Crippen molar-refractivity contribution in [1.82, 2.24) is 0 Å². The zero-order chi connectivity index (χ0) is 25.9. The first kappa shape index (κ1) is 20.9. The highest BCUT2D eigenvalue weighted by Crippen LogP contribution is 2.56. The largest absolute Gasteiger partial charge is 0.260 e. The van der Waals surface area contributed by atoms with Crippen molar-refractivity contribution in [1.29, 1.82) is 0 Å². The fourth-order valence-electron chi connectivity index (χ4n) is 8.02. The van der Waals surface area contributed by atoms with Crippen molar-refractivity contribution >= 4 is 49.7 Å². The molecular weight excluding hydrogens is 482 g/mol. The number of fused-ring (bicyclic) bond motifs is 10. The van der Waals surface area contributed by atoms with Gasteiger partial charge in [0.15, 0.2) is 0 Å². The van der Waals surface area contributed by atoms with E-state index in [0.717, 1.165) is 0 Å². The Morgan fingerprint density at radius 3 is 2.10 bits per heavy atom. The van der Waals surface area contributed by atoms with Crippen molar-refractivity contribution in [2.24, 2.45) is 10.9 Å². The molecule has 1 aliphatic heterocycles. The Hall–Kier alpha value is -5.01. The van der Waals surface area contributed by atoms with Crippen LogP contribution in [0.5, 0.6) is 0 Å². The summed E-state index contributed by atoms with van der Waals surface area (Å²) in [5.41, 5.74) is 13.3. The van der Waals surface area contributed by atoms with Crippen LogP contribution in [0, 0.1) is 5.92 Å². The number of benzene rings is 6. The molecule has 184 valence electrons. The predicted molar refractivity (Wildman–Crippen MR) is 169 cm³/mol. The highest BCUT2D eigenvalue weighted by Gasteiger charge is 2.41. The Kier molecular flexibility index (Phi) is 3.83. The van der Waals surface area contributed by atoms with Gasteiger partial charge in [-0.2, -0.15) is 0 Å². The first-order chi connectivity index (χ1) is 19.9. The van der Waals surface area contributed by atoms with Crippen LogP contribution in [0.3, 0.4) is 0 Å². The first-order valence-corrected chi connectivity index (χ1v) is 14.1. The van der Waals surface area contributed by atoms with Crippen molar-refractivity contribution in [2.75, 3.05) is 0 Å². The van der Waals surface area contributed by atoms with Crippen molar-refractivity contribution < 1.29 is 0 Å². The van der Waals surface area contributed by atoms with Gasteiger partial charge in [-0.15, -0.1) is 0 Å². The summed E-state index contributed by atoms with van der Waals surface area (Å²) in [5.74, 6) is 0.628. The molecule has 2 atom stereocenters. The standard InChI is InChI=1S/C39H23N/c1-2-9-23-22(8-1)30-16-17-32(39-38(30)31(23)18-19-40-39)33-20-35-29-15-7-14-28-24-10-3-6-13-27(24)36(37(28)29)21-34(35)26-12-5-4-11-25(26)33/h1-21,30,38H. The Labute approximate surface area is 232 Å². The monoisotopic (exact) mass is 505 g/mol. The number of dihydropyridines is 1. The molecule has 40 heavy (non-hydrogen) atoms. The second kappa shape index (κ2) is 7.34. The van der Waals surface area contributed by atoms with Gasteiger partial charge in [-0.1, -0.05) is 103 Å². The molecule has 0 radical (unpaired) electrons. The number of allylic oxidation sites excluding steroid dienone is 5. The normalized spacial score (nSPS) is 19.4. The molecule has 6 aromatic rings. The van der Waals surface area contributed by atoms with Crippen LogP contribution in [0.2, 0.25) is 0 Å². The molecule has 3 aliphatic carbocycles. The van der Waals surface area contributed by atoms with Crippen LogP contribution >= 0.6 is 0 Å². The van der Waals surface area contributed by atoms with E-state index >= 15 is 0 Å². The van der Waals surface area contributed by atoms with Crippen LogP contribution < -0.4 is 0 Å². The van der Waals surface area contributed by atoms with Crippen LogP contribution in [0.25, 0.3) is 65.7 Å². The van der Waals surface area contributed by atoms with Crippen molar-refractivity contribution in [2.45, 2.75) is 5.92 Å². The lowest BCUT2D eigenvalue weighted by molar-refractivity contribution is 0.703. The van der Waals surface area contributed by atoms with E-state index in [9.17, 15) is 0 Å². The lowest BCUT2D eigenvalue weighted by Crippen LogP contribution is -2.15. The third-order valence-corrected chi connectivity index (χ3v) is 9.63. The van der Waals surface area contributed by atoms with Gasteiger partial charge in [-0.3, -0.25) is 4.99 Å². The third-order valence-electron chi connectivity index (χ3n) is 9.63. The van der Waals surface area contributed by atoms with Crippen LogP contribution in [-0.4, -0.2) is 6.21 Å². The third kappa shape index (κ3) is 2.47. The highest BCUT2D eigenvalue weighted by molar-refractivity contribution is 6.28. The summed E-state index contributed by atoms with van der Waals surface area (Å²) in [6.45, 7) is 0. The highest BCUT2D eigenvalue weighted by atomic mass is 14.8. The van der Waals surface area contributed by atoms with E-state index in [1.807, 2.05) is 6.21 Å². The van der Waals surface area contributed by atoms with E-state index in [1.165, 1.54) is 88.1 Å². The van der Waals surface area contributed by atoms with Crippen LogP contribution in [-0.2, 0) is 0 Å². The summed E-state index contributed by atoms with van der Waals surface area (Å²) in [6, 6.07) is 38.4. The maximum Gasteiger partial charge on any atom is 0.0566 e. The fourth-order valence-corrected chi connectivity index (χ4v) is 8.02. The van der Waals surface area contributed by atoms with Gasteiger partial charge in [-0.25, -0.2) is 0 Å². The fraction of sp³-hybridized carbons (Fsp3) is 0.0513. The van der Waals surface area contributed by atoms with E-state index < -0.39 is 0 Å². The molecule has 1 nitrogen and oxygen atoms in total. The summed E-state index contributed by atoms with van der Waals surface area (Å²) in [7, 11) is 0. The molecule has 1 heterocycles. The average molecular weight is 506 g/mol. The lowest BCUT2D eigenvalue weighted by Gasteiger charge is -2.28. The summed E-state index contributed by atoms with van der Waals surface area (Å²) in [6.07, 6.45) is 9.01. The van der Waals surface area contributed by atoms with Gasteiger partial charge in [-0.05, 0) is 95.0 Å². The van der Waals surface area contributed by atoms with Gasteiger partial charge in [0.2, 0.25) is 0 Å². The summed E-state index contributed by atoms with van der Waals surface area (Å²) < 4.78 is 0. The molecule has 6 aromatic carbocycles. The van der Waals surface area contributed by atoms with E-state index in [4.69, 9.17) is 4.99 Å². The molecule has 0 saturated heterocycles. The number of aliphatic imine (C=N–C) groups is 1. The first-order valence-electron chi connectivity index (χ1n) is 14.1. The number of hydrogen-bond acceptors (Lipinski definition) is 1. The molecule has 2 unspecified atom stereocenters. The minimum atomic E-state index is 0.277. The molecule has 0 spiro atoms. The zero-order valence-electron chi connectivity index (χ0n) is 21.7. The van der Waals surface area contributed by atoms with Gasteiger partial charge in [0.25, 0.3) is 0 Å². The summed E-state index contributed by atoms with van der Waals surface area (Å²) in [5, 5.41) is 7.93. The van der Waals surface area contributed by atoms with Gasteiger partial charge >= 0.3 is 0 Å². The molecular formula is C39H23N.